The minimum absolute atomic E-state index is 0.102. The van der Waals surface area contributed by atoms with Gasteiger partial charge in [-0.1, -0.05) is 0 Å². The van der Waals surface area contributed by atoms with Crippen molar-refractivity contribution < 1.29 is 14.6 Å². The van der Waals surface area contributed by atoms with Crippen molar-refractivity contribution in [2.24, 2.45) is 0 Å². The summed E-state index contributed by atoms with van der Waals surface area (Å²) in [6.07, 6.45) is 1.87. The van der Waals surface area contributed by atoms with Gasteiger partial charge in [-0.15, -0.1) is 11.8 Å². The third kappa shape index (κ3) is 2.02. The number of rotatable bonds is 3. The van der Waals surface area contributed by atoms with Crippen LogP contribution in [0, 0.1) is 6.92 Å². The first-order chi connectivity index (χ1) is 7.02. The van der Waals surface area contributed by atoms with E-state index in [-0.39, 0.29) is 11.3 Å². The quantitative estimate of drug-likeness (QED) is 0.610. The van der Waals surface area contributed by atoms with E-state index < -0.39 is 5.97 Å². The van der Waals surface area contributed by atoms with E-state index in [0.29, 0.717) is 5.69 Å². The first-order valence-electron chi connectivity index (χ1n) is 4.27. The highest BCUT2D eigenvalue weighted by molar-refractivity contribution is 7.98. The van der Waals surface area contributed by atoms with E-state index in [9.17, 15) is 4.79 Å². The first kappa shape index (κ1) is 11.7. The Morgan fingerprint density at radius 2 is 2.20 bits per heavy atom. The lowest BCUT2D eigenvalue weighted by molar-refractivity contribution is 0.0693. The molecule has 1 rings (SSSR count). The van der Waals surface area contributed by atoms with Crippen LogP contribution in [0.5, 0.6) is 5.75 Å². The van der Waals surface area contributed by atoms with Gasteiger partial charge in [0.1, 0.15) is 5.56 Å². The molecule has 0 aliphatic rings. The van der Waals surface area contributed by atoms with Crippen LogP contribution in [0.2, 0.25) is 0 Å². The molecule has 0 bridgehead atoms. The highest BCUT2D eigenvalue weighted by Crippen LogP contribution is 2.35. The summed E-state index contributed by atoms with van der Waals surface area (Å²) in [5.41, 5.74) is 7.15. The van der Waals surface area contributed by atoms with E-state index in [1.165, 1.54) is 18.9 Å². The lowest BCUT2D eigenvalue weighted by atomic mass is 10.1. The zero-order chi connectivity index (χ0) is 11.6. The number of aromatic carboxylic acids is 1. The van der Waals surface area contributed by atoms with Gasteiger partial charge in [0.15, 0.2) is 5.75 Å². The molecule has 15 heavy (non-hydrogen) atoms. The lowest BCUT2D eigenvalue weighted by Crippen LogP contribution is -2.06. The number of benzene rings is 1. The fraction of sp³-hybridized carbons (Fsp3) is 0.300. The molecule has 4 nitrogen and oxygen atoms in total. The van der Waals surface area contributed by atoms with Crippen LogP contribution in [-0.4, -0.2) is 24.4 Å². The largest absolute Gasteiger partial charge is 0.494 e. The third-order valence-electron chi connectivity index (χ3n) is 2.19. The summed E-state index contributed by atoms with van der Waals surface area (Å²) in [5.74, 6) is -0.799. The van der Waals surface area contributed by atoms with E-state index in [1.807, 2.05) is 13.2 Å². The standard InChI is InChI=1S/C10H13NO3S/c1-5-7(15-3)4-6(10(12)13)9(14-2)8(5)11/h4H,11H2,1-3H3,(H,12,13). The van der Waals surface area contributed by atoms with Crippen LogP contribution in [0.3, 0.4) is 0 Å². The number of carbonyl (C=O) groups is 1. The predicted octanol–water partition coefficient (Wildman–Crippen LogP) is 2.01. The van der Waals surface area contributed by atoms with Gasteiger partial charge in [0, 0.05) is 4.90 Å². The molecule has 82 valence electrons. The zero-order valence-electron chi connectivity index (χ0n) is 8.83. The van der Waals surface area contributed by atoms with E-state index >= 15 is 0 Å². The Balaban J connectivity index is 3.51. The maximum Gasteiger partial charge on any atom is 0.339 e. The Hall–Kier alpha value is -1.36. The van der Waals surface area contributed by atoms with Crippen LogP contribution >= 0.6 is 11.8 Å². The van der Waals surface area contributed by atoms with Gasteiger partial charge in [0.25, 0.3) is 0 Å². The second-order valence-electron chi connectivity index (χ2n) is 3.00. The molecule has 3 N–H and O–H groups in total. The molecular weight excluding hydrogens is 214 g/mol. The highest BCUT2D eigenvalue weighted by atomic mass is 32.2. The van der Waals surface area contributed by atoms with Crippen molar-refractivity contribution >= 4 is 23.4 Å². The normalized spacial score (nSPS) is 10.1. The zero-order valence-corrected chi connectivity index (χ0v) is 9.64. The number of nitrogen functional groups attached to an aromatic ring is 1. The molecule has 0 saturated heterocycles. The Labute approximate surface area is 92.4 Å². The van der Waals surface area contributed by atoms with Crippen LogP contribution in [0.1, 0.15) is 15.9 Å². The fourth-order valence-electron chi connectivity index (χ4n) is 1.34. The van der Waals surface area contributed by atoms with Crippen LogP contribution in [0.4, 0.5) is 5.69 Å². The second kappa shape index (κ2) is 4.44. The Morgan fingerprint density at radius 3 is 2.60 bits per heavy atom. The van der Waals surface area contributed by atoms with Gasteiger partial charge < -0.3 is 15.6 Å². The fourth-order valence-corrected chi connectivity index (χ4v) is 2.00. The summed E-state index contributed by atoms with van der Waals surface area (Å²) in [6.45, 7) is 1.84. The van der Waals surface area contributed by atoms with Crippen molar-refractivity contribution in [2.45, 2.75) is 11.8 Å². The molecule has 0 aliphatic heterocycles. The number of nitrogens with two attached hydrogens (primary N) is 1. The molecule has 1 aromatic carbocycles. The molecular formula is C10H13NO3S. The maximum absolute atomic E-state index is 11.0. The predicted molar refractivity (Wildman–Crippen MR) is 60.9 cm³/mol. The number of ether oxygens (including phenoxy) is 1. The monoisotopic (exact) mass is 227 g/mol. The SMILES string of the molecule is COc1c(C(=O)O)cc(SC)c(C)c1N. The van der Waals surface area contributed by atoms with Crippen molar-refractivity contribution in [3.63, 3.8) is 0 Å². The first-order valence-corrected chi connectivity index (χ1v) is 5.49. The number of thioether (sulfide) groups is 1. The molecule has 0 fully saturated rings. The van der Waals surface area contributed by atoms with Crippen molar-refractivity contribution in [3.05, 3.63) is 17.2 Å². The Morgan fingerprint density at radius 1 is 1.60 bits per heavy atom. The number of methoxy groups -OCH3 is 1. The van der Waals surface area contributed by atoms with Crippen LogP contribution in [0.15, 0.2) is 11.0 Å². The van der Waals surface area contributed by atoms with Gasteiger partial charge in [-0.05, 0) is 24.8 Å². The summed E-state index contributed by atoms with van der Waals surface area (Å²) in [4.78, 5) is 11.8. The molecule has 0 spiro atoms. The van der Waals surface area contributed by atoms with Gasteiger partial charge in [-0.3, -0.25) is 0 Å². The minimum atomic E-state index is -1.03. The van der Waals surface area contributed by atoms with E-state index in [4.69, 9.17) is 15.6 Å². The van der Waals surface area contributed by atoms with E-state index in [1.54, 1.807) is 6.07 Å². The molecule has 0 atom stereocenters. The number of hydrogen-bond acceptors (Lipinski definition) is 4. The Kier molecular flexibility index (Phi) is 3.47. The lowest BCUT2D eigenvalue weighted by Gasteiger charge is -2.13. The molecule has 0 aliphatic carbocycles. The molecule has 0 unspecified atom stereocenters. The van der Waals surface area contributed by atoms with Gasteiger partial charge >= 0.3 is 5.97 Å². The molecule has 0 amide bonds. The molecule has 1 aromatic rings. The number of hydrogen-bond donors (Lipinski definition) is 2. The molecule has 5 heteroatoms. The molecule has 0 heterocycles. The summed E-state index contributed by atoms with van der Waals surface area (Å²) in [6, 6.07) is 1.58. The van der Waals surface area contributed by atoms with Crippen LogP contribution in [0.25, 0.3) is 0 Å². The van der Waals surface area contributed by atoms with Gasteiger partial charge in [0.2, 0.25) is 0 Å². The van der Waals surface area contributed by atoms with Gasteiger partial charge in [-0.2, -0.15) is 0 Å². The van der Waals surface area contributed by atoms with Gasteiger partial charge in [-0.25, -0.2) is 4.79 Å². The van der Waals surface area contributed by atoms with E-state index in [2.05, 4.69) is 0 Å². The summed E-state index contributed by atoms with van der Waals surface area (Å²) >= 11 is 1.46. The average molecular weight is 227 g/mol. The van der Waals surface area contributed by atoms with Crippen molar-refractivity contribution in [2.75, 3.05) is 19.1 Å². The number of carboxylic acids is 1. The number of anilines is 1. The summed E-state index contributed by atoms with van der Waals surface area (Å²) < 4.78 is 5.00. The smallest absolute Gasteiger partial charge is 0.339 e. The molecule has 0 radical (unpaired) electrons. The van der Waals surface area contributed by atoms with Crippen molar-refractivity contribution in [1.82, 2.24) is 0 Å². The maximum atomic E-state index is 11.0. The van der Waals surface area contributed by atoms with Crippen molar-refractivity contribution in [3.8, 4) is 5.75 Å². The minimum Gasteiger partial charge on any atom is -0.494 e. The van der Waals surface area contributed by atoms with Gasteiger partial charge in [0.05, 0.1) is 12.8 Å². The number of carboxylic acid groups (broad SMARTS) is 1. The van der Waals surface area contributed by atoms with E-state index in [0.717, 1.165) is 10.5 Å². The Bertz CT molecular complexity index is 404. The van der Waals surface area contributed by atoms with Crippen LogP contribution < -0.4 is 10.5 Å². The average Bonchev–Trinajstić information content (AvgIpc) is 2.21. The topological polar surface area (TPSA) is 72.5 Å². The second-order valence-corrected chi connectivity index (χ2v) is 3.85. The van der Waals surface area contributed by atoms with Crippen molar-refractivity contribution in [1.29, 1.82) is 0 Å². The summed E-state index contributed by atoms with van der Waals surface area (Å²) in [5, 5.41) is 8.99. The molecule has 0 aromatic heterocycles. The van der Waals surface area contributed by atoms with Crippen LogP contribution in [-0.2, 0) is 0 Å². The highest BCUT2D eigenvalue weighted by Gasteiger charge is 2.18. The molecule has 0 saturated carbocycles. The third-order valence-corrected chi connectivity index (χ3v) is 3.06. The summed E-state index contributed by atoms with van der Waals surface area (Å²) in [7, 11) is 1.41.